The Morgan fingerprint density at radius 3 is 2.77 bits per heavy atom. The zero-order chi connectivity index (χ0) is 21.5. The molecule has 3 aromatic rings. The molecule has 1 unspecified atom stereocenters. The number of pyridine rings is 1. The summed E-state index contributed by atoms with van der Waals surface area (Å²) in [6.45, 7) is 3.58. The van der Waals surface area contributed by atoms with Crippen LogP contribution in [-0.4, -0.2) is 40.3 Å². The van der Waals surface area contributed by atoms with E-state index in [2.05, 4.69) is 17.0 Å². The molecule has 8 heteroatoms. The number of carbonyl (C=O) groups is 1. The van der Waals surface area contributed by atoms with Crippen LogP contribution < -0.4 is 10.2 Å². The van der Waals surface area contributed by atoms with Crippen molar-refractivity contribution >= 4 is 16.8 Å². The molecule has 2 aromatic carbocycles. The summed E-state index contributed by atoms with van der Waals surface area (Å²) >= 11 is 0. The Labute approximate surface area is 171 Å². The Morgan fingerprint density at radius 2 is 2.03 bits per heavy atom. The van der Waals surface area contributed by atoms with Crippen LogP contribution in [0.25, 0.3) is 22.2 Å². The molecule has 0 bridgehead atoms. The fourth-order valence-electron chi connectivity index (χ4n) is 3.49. The average Bonchev–Trinajstić information content (AvgIpc) is 3.08. The molecule has 0 radical (unpaired) electrons. The van der Waals surface area contributed by atoms with Crippen LogP contribution in [0.15, 0.2) is 66.9 Å². The first kappa shape index (κ1) is 19.8. The minimum Gasteiger partial charge on any atom is -0.497 e. The van der Waals surface area contributed by atoms with Gasteiger partial charge in [-0.15, -0.1) is 0 Å². The molecule has 1 aliphatic rings. The first-order valence-corrected chi connectivity index (χ1v) is 9.17. The molecule has 1 aliphatic heterocycles. The van der Waals surface area contributed by atoms with Gasteiger partial charge in [0.1, 0.15) is 5.75 Å². The lowest BCUT2D eigenvalue weighted by molar-refractivity contribution is -0.168. The molecule has 6 nitrogen and oxygen atoms in total. The van der Waals surface area contributed by atoms with E-state index in [0.29, 0.717) is 32.9 Å². The van der Waals surface area contributed by atoms with E-state index < -0.39 is 24.5 Å². The minimum atomic E-state index is -3.18. The third-order valence-electron chi connectivity index (χ3n) is 5.00. The molecule has 30 heavy (non-hydrogen) atoms. The Morgan fingerprint density at radius 1 is 1.27 bits per heavy atom. The normalized spacial score (nSPS) is 18.7. The highest BCUT2D eigenvalue weighted by Gasteiger charge is 2.52. The standard InChI is InChI=1S/C22H19F2N3O3/c1-13-12-22(29,21(23)24)27(26-13)20(28)17-11-19(14-6-5-7-15(10-14)30-2)25-18-9-4-3-8-16(17)18/h3-11,21,26,29H,1,12H2,2H3. The maximum Gasteiger partial charge on any atom is 0.287 e. The smallest absolute Gasteiger partial charge is 0.287 e. The number of hydrogen-bond acceptors (Lipinski definition) is 5. The van der Waals surface area contributed by atoms with Gasteiger partial charge >= 0.3 is 0 Å². The van der Waals surface area contributed by atoms with Crippen LogP contribution in [0.5, 0.6) is 5.75 Å². The number of para-hydroxylation sites is 1. The molecule has 154 valence electrons. The molecule has 1 fully saturated rings. The van der Waals surface area contributed by atoms with E-state index in [9.17, 15) is 18.7 Å². The number of hydrazine groups is 1. The van der Waals surface area contributed by atoms with Crippen molar-refractivity contribution < 1.29 is 23.4 Å². The van der Waals surface area contributed by atoms with E-state index >= 15 is 0 Å². The maximum absolute atomic E-state index is 13.6. The molecular formula is C22H19F2N3O3. The summed E-state index contributed by atoms with van der Waals surface area (Å²) in [6.07, 6.45) is -3.65. The second-order valence-corrected chi connectivity index (χ2v) is 7.02. The second kappa shape index (κ2) is 7.38. The number of rotatable bonds is 4. The Hall–Kier alpha value is -3.52. The van der Waals surface area contributed by atoms with Crippen molar-refractivity contribution in [3.8, 4) is 17.0 Å². The van der Waals surface area contributed by atoms with E-state index in [4.69, 9.17) is 4.74 Å². The SMILES string of the molecule is C=C1CC(O)(C(F)F)N(C(=O)c2cc(-c3cccc(OC)c3)nc3ccccc23)N1. The summed E-state index contributed by atoms with van der Waals surface area (Å²) in [4.78, 5) is 17.9. The molecule has 0 spiro atoms. The predicted octanol–water partition coefficient (Wildman–Crippen LogP) is 3.73. The zero-order valence-corrected chi connectivity index (χ0v) is 16.1. The van der Waals surface area contributed by atoms with Crippen LogP contribution in [0.1, 0.15) is 16.8 Å². The molecule has 4 rings (SSSR count). The summed E-state index contributed by atoms with van der Waals surface area (Å²) in [6, 6.07) is 15.5. The summed E-state index contributed by atoms with van der Waals surface area (Å²) in [5, 5.41) is 11.5. The highest BCUT2D eigenvalue weighted by molar-refractivity contribution is 6.07. The van der Waals surface area contributed by atoms with Gasteiger partial charge in [0.2, 0.25) is 5.72 Å². The number of amides is 1. The van der Waals surface area contributed by atoms with Gasteiger partial charge in [0.15, 0.2) is 0 Å². The van der Waals surface area contributed by atoms with E-state index in [1.807, 2.05) is 0 Å². The summed E-state index contributed by atoms with van der Waals surface area (Å²) < 4.78 is 32.5. The minimum absolute atomic E-state index is 0.123. The number of hydrogen-bond donors (Lipinski definition) is 2. The lowest BCUT2D eigenvalue weighted by atomic mass is 10.0. The fourth-order valence-corrected chi connectivity index (χ4v) is 3.49. The molecule has 0 saturated carbocycles. The zero-order valence-electron chi connectivity index (χ0n) is 16.1. The maximum atomic E-state index is 13.6. The lowest BCUT2D eigenvalue weighted by Crippen LogP contribution is -2.55. The lowest BCUT2D eigenvalue weighted by Gasteiger charge is -2.31. The number of halogens is 2. The van der Waals surface area contributed by atoms with Crippen LogP contribution in [0.2, 0.25) is 0 Å². The van der Waals surface area contributed by atoms with E-state index in [1.54, 1.807) is 55.6 Å². The van der Waals surface area contributed by atoms with Gasteiger partial charge in [0.25, 0.3) is 12.3 Å². The molecule has 1 aromatic heterocycles. The number of fused-ring (bicyclic) bond motifs is 1. The van der Waals surface area contributed by atoms with Crippen LogP contribution in [-0.2, 0) is 0 Å². The van der Waals surface area contributed by atoms with E-state index in [0.717, 1.165) is 0 Å². The molecule has 1 amide bonds. The van der Waals surface area contributed by atoms with Gasteiger partial charge in [-0.25, -0.2) is 18.8 Å². The first-order chi connectivity index (χ1) is 14.3. The highest BCUT2D eigenvalue weighted by atomic mass is 19.3. The number of nitrogens with one attached hydrogen (secondary N) is 1. The van der Waals surface area contributed by atoms with Gasteiger partial charge in [-0.3, -0.25) is 10.2 Å². The van der Waals surface area contributed by atoms with E-state index in [1.165, 1.54) is 6.07 Å². The fraction of sp³-hybridized carbons (Fsp3) is 0.182. The number of alkyl halides is 2. The Bertz CT molecular complexity index is 1150. The Kier molecular flexibility index (Phi) is 4.87. The predicted molar refractivity (Wildman–Crippen MR) is 108 cm³/mol. The topological polar surface area (TPSA) is 74.7 Å². The molecule has 1 saturated heterocycles. The third kappa shape index (κ3) is 3.25. The van der Waals surface area contributed by atoms with Crippen molar-refractivity contribution in [2.75, 3.05) is 7.11 Å². The number of methoxy groups -OCH3 is 1. The van der Waals surface area contributed by atoms with Crippen molar-refractivity contribution in [2.45, 2.75) is 18.6 Å². The molecular weight excluding hydrogens is 392 g/mol. The van der Waals surface area contributed by atoms with Gasteiger partial charge in [-0.2, -0.15) is 0 Å². The van der Waals surface area contributed by atoms with Gasteiger partial charge in [0, 0.05) is 23.1 Å². The molecule has 2 N–H and O–H groups in total. The van der Waals surface area contributed by atoms with Crippen molar-refractivity contribution in [2.24, 2.45) is 0 Å². The highest BCUT2D eigenvalue weighted by Crippen LogP contribution is 2.35. The number of benzene rings is 2. The Balaban J connectivity index is 1.87. The van der Waals surface area contributed by atoms with Crippen molar-refractivity contribution in [3.63, 3.8) is 0 Å². The van der Waals surface area contributed by atoms with Crippen molar-refractivity contribution in [1.82, 2.24) is 15.4 Å². The largest absolute Gasteiger partial charge is 0.497 e. The van der Waals surface area contributed by atoms with Crippen molar-refractivity contribution in [3.05, 3.63) is 72.4 Å². The number of nitrogens with zero attached hydrogens (tertiary/aromatic N) is 2. The number of aliphatic hydroxyl groups is 1. The summed E-state index contributed by atoms with van der Waals surface area (Å²) in [7, 11) is 1.54. The molecule has 1 atom stereocenters. The van der Waals surface area contributed by atoms with Gasteiger partial charge in [0.05, 0.1) is 23.9 Å². The number of carbonyl (C=O) groups excluding carboxylic acids is 1. The van der Waals surface area contributed by atoms with Crippen LogP contribution in [0.4, 0.5) is 8.78 Å². The summed E-state index contributed by atoms with van der Waals surface area (Å²) in [5.41, 5.74) is 1.72. The molecule has 2 heterocycles. The van der Waals surface area contributed by atoms with Crippen molar-refractivity contribution in [1.29, 1.82) is 0 Å². The monoisotopic (exact) mass is 411 g/mol. The average molecular weight is 411 g/mol. The third-order valence-corrected chi connectivity index (χ3v) is 5.00. The van der Waals surface area contributed by atoms with Crippen LogP contribution in [0.3, 0.4) is 0 Å². The van der Waals surface area contributed by atoms with Crippen LogP contribution >= 0.6 is 0 Å². The van der Waals surface area contributed by atoms with Gasteiger partial charge in [-0.1, -0.05) is 36.9 Å². The first-order valence-electron chi connectivity index (χ1n) is 9.17. The summed E-state index contributed by atoms with van der Waals surface area (Å²) in [5.74, 6) is -0.195. The molecule has 0 aliphatic carbocycles. The van der Waals surface area contributed by atoms with E-state index in [-0.39, 0.29) is 11.3 Å². The second-order valence-electron chi connectivity index (χ2n) is 7.02. The van der Waals surface area contributed by atoms with Crippen LogP contribution in [0, 0.1) is 0 Å². The quantitative estimate of drug-likeness (QED) is 0.684. The van der Waals surface area contributed by atoms with Gasteiger partial charge in [-0.05, 0) is 24.3 Å². The van der Waals surface area contributed by atoms with Gasteiger partial charge < -0.3 is 9.84 Å². The number of aromatic nitrogens is 1. The number of ether oxygens (including phenoxy) is 1.